The molecular formula is C16H22N2O4. The first-order chi connectivity index (χ1) is 10.6. The highest BCUT2D eigenvalue weighted by atomic mass is 16.5. The van der Waals surface area contributed by atoms with Crippen LogP contribution < -0.4 is 5.32 Å². The van der Waals surface area contributed by atoms with Crippen LogP contribution in [0.3, 0.4) is 0 Å². The molecule has 0 radical (unpaired) electrons. The van der Waals surface area contributed by atoms with Crippen molar-refractivity contribution in [3.63, 3.8) is 0 Å². The van der Waals surface area contributed by atoms with E-state index < -0.39 is 5.97 Å². The number of carboxylic acid groups (broad SMARTS) is 1. The molecule has 0 aliphatic carbocycles. The second-order valence-corrected chi connectivity index (χ2v) is 5.56. The smallest absolute Gasteiger partial charge is 0.322 e. The number of nitrogens with zero attached hydrogens (tertiary/aromatic N) is 1. The van der Waals surface area contributed by atoms with Crippen LogP contribution in [0.2, 0.25) is 0 Å². The molecule has 120 valence electrons. The standard InChI is InChI=1S/C16H22N2O4/c19-15(17-8-16(20)21)10-18-7-6-14(9-18)12-22-11-13-4-2-1-3-5-13/h1-5,14H,6-12H2,(H,17,19)(H,20,21). The van der Waals surface area contributed by atoms with E-state index in [1.807, 2.05) is 35.2 Å². The van der Waals surface area contributed by atoms with Crippen molar-refractivity contribution < 1.29 is 19.4 Å². The van der Waals surface area contributed by atoms with Crippen molar-refractivity contribution in [3.05, 3.63) is 35.9 Å². The highest BCUT2D eigenvalue weighted by Crippen LogP contribution is 2.16. The summed E-state index contributed by atoms with van der Waals surface area (Å²) in [4.78, 5) is 24.0. The van der Waals surface area contributed by atoms with Crippen LogP contribution in [-0.2, 0) is 20.9 Å². The van der Waals surface area contributed by atoms with Crippen LogP contribution in [0.5, 0.6) is 0 Å². The van der Waals surface area contributed by atoms with Crippen molar-refractivity contribution >= 4 is 11.9 Å². The Balaban J connectivity index is 1.61. The number of likely N-dealkylation sites (tertiary alicyclic amines) is 1. The van der Waals surface area contributed by atoms with E-state index in [1.54, 1.807) is 0 Å². The van der Waals surface area contributed by atoms with Gasteiger partial charge >= 0.3 is 5.97 Å². The molecule has 1 heterocycles. The molecule has 2 N–H and O–H groups in total. The highest BCUT2D eigenvalue weighted by Gasteiger charge is 2.24. The molecule has 1 aromatic rings. The summed E-state index contributed by atoms with van der Waals surface area (Å²) >= 11 is 0. The number of aliphatic carboxylic acids is 1. The molecule has 0 bridgehead atoms. The summed E-state index contributed by atoms with van der Waals surface area (Å²) in [6.45, 7) is 2.88. The summed E-state index contributed by atoms with van der Waals surface area (Å²) < 4.78 is 5.73. The number of ether oxygens (including phenoxy) is 1. The molecule has 1 atom stereocenters. The van der Waals surface area contributed by atoms with Gasteiger partial charge in [0, 0.05) is 6.54 Å². The second kappa shape index (κ2) is 8.51. The van der Waals surface area contributed by atoms with Gasteiger partial charge in [0.2, 0.25) is 5.91 Å². The Bertz CT molecular complexity index is 492. The fourth-order valence-electron chi connectivity index (χ4n) is 2.54. The predicted molar refractivity (Wildman–Crippen MR) is 81.3 cm³/mol. The van der Waals surface area contributed by atoms with Crippen molar-refractivity contribution in [2.24, 2.45) is 5.92 Å². The van der Waals surface area contributed by atoms with Gasteiger partial charge in [0.05, 0.1) is 19.8 Å². The maximum atomic E-state index is 11.6. The fraction of sp³-hybridized carbons (Fsp3) is 0.500. The zero-order valence-electron chi connectivity index (χ0n) is 12.5. The topological polar surface area (TPSA) is 78.9 Å². The molecule has 0 saturated carbocycles. The minimum absolute atomic E-state index is 0.242. The summed E-state index contributed by atoms with van der Waals surface area (Å²) in [5, 5.41) is 10.9. The molecule has 1 aromatic carbocycles. The van der Waals surface area contributed by atoms with E-state index in [-0.39, 0.29) is 19.0 Å². The number of carboxylic acids is 1. The lowest BCUT2D eigenvalue weighted by Gasteiger charge is -2.15. The molecule has 0 spiro atoms. The Morgan fingerprint density at radius 3 is 2.82 bits per heavy atom. The average molecular weight is 306 g/mol. The summed E-state index contributed by atoms with van der Waals surface area (Å²) in [6, 6.07) is 10.0. The minimum atomic E-state index is -1.03. The van der Waals surface area contributed by atoms with Crippen molar-refractivity contribution in [2.45, 2.75) is 13.0 Å². The van der Waals surface area contributed by atoms with Gasteiger partial charge in [-0.25, -0.2) is 0 Å². The van der Waals surface area contributed by atoms with E-state index in [2.05, 4.69) is 5.32 Å². The molecule has 1 amide bonds. The van der Waals surface area contributed by atoms with Crippen LogP contribution >= 0.6 is 0 Å². The quantitative estimate of drug-likeness (QED) is 0.740. The number of hydrogen-bond donors (Lipinski definition) is 2. The molecular weight excluding hydrogens is 284 g/mol. The average Bonchev–Trinajstić information content (AvgIpc) is 2.94. The molecule has 1 saturated heterocycles. The Morgan fingerprint density at radius 1 is 1.32 bits per heavy atom. The normalized spacial score (nSPS) is 18.3. The zero-order chi connectivity index (χ0) is 15.8. The van der Waals surface area contributed by atoms with Crippen LogP contribution in [0.25, 0.3) is 0 Å². The lowest BCUT2D eigenvalue weighted by atomic mass is 10.1. The van der Waals surface area contributed by atoms with Gasteiger partial charge in [-0.15, -0.1) is 0 Å². The Hall–Kier alpha value is -1.92. The number of carbonyl (C=O) groups is 2. The number of amides is 1. The number of carbonyl (C=O) groups excluding carboxylic acids is 1. The van der Waals surface area contributed by atoms with Gasteiger partial charge in [0.1, 0.15) is 6.54 Å². The van der Waals surface area contributed by atoms with Crippen LogP contribution in [0, 0.1) is 5.92 Å². The van der Waals surface area contributed by atoms with Gasteiger partial charge in [-0.3, -0.25) is 14.5 Å². The largest absolute Gasteiger partial charge is 0.480 e. The molecule has 1 aliphatic rings. The first-order valence-electron chi connectivity index (χ1n) is 7.46. The Kier molecular flexibility index (Phi) is 6.36. The molecule has 2 rings (SSSR count). The van der Waals surface area contributed by atoms with Gasteiger partial charge in [0.15, 0.2) is 0 Å². The third kappa shape index (κ3) is 5.83. The zero-order valence-corrected chi connectivity index (χ0v) is 12.5. The van der Waals surface area contributed by atoms with Crippen LogP contribution in [0.1, 0.15) is 12.0 Å². The minimum Gasteiger partial charge on any atom is -0.480 e. The Morgan fingerprint density at radius 2 is 2.09 bits per heavy atom. The third-order valence-electron chi connectivity index (χ3n) is 3.64. The molecule has 1 unspecified atom stereocenters. The van der Waals surface area contributed by atoms with E-state index in [0.717, 1.165) is 25.1 Å². The first kappa shape index (κ1) is 16.5. The van der Waals surface area contributed by atoms with Gasteiger partial charge in [-0.2, -0.15) is 0 Å². The summed E-state index contributed by atoms with van der Waals surface area (Å²) in [5.74, 6) is -0.841. The number of benzene rings is 1. The summed E-state index contributed by atoms with van der Waals surface area (Å²) in [5.41, 5.74) is 1.16. The lowest BCUT2D eigenvalue weighted by molar-refractivity contribution is -0.138. The van der Waals surface area contributed by atoms with E-state index in [9.17, 15) is 9.59 Å². The summed E-state index contributed by atoms with van der Waals surface area (Å²) in [7, 11) is 0. The van der Waals surface area contributed by atoms with Gasteiger partial charge in [-0.05, 0) is 24.4 Å². The van der Waals surface area contributed by atoms with Crippen LogP contribution in [0.4, 0.5) is 0 Å². The van der Waals surface area contributed by atoms with Crippen LogP contribution in [-0.4, -0.2) is 54.7 Å². The summed E-state index contributed by atoms with van der Waals surface area (Å²) in [6.07, 6.45) is 1.00. The van der Waals surface area contributed by atoms with Crippen molar-refractivity contribution in [2.75, 3.05) is 32.8 Å². The number of rotatable bonds is 8. The monoisotopic (exact) mass is 306 g/mol. The van der Waals surface area contributed by atoms with Gasteiger partial charge < -0.3 is 15.2 Å². The van der Waals surface area contributed by atoms with Crippen molar-refractivity contribution in [1.29, 1.82) is 0 Å². The van der Waals surface area contributed by atoms with Crippen molar-refractivity contribution in [1.82, 2.24) is 10.2 Å². The molecule has 22 heavy (non-hydrogen) atoms. The van der Waals surface area contributed by atoms with Gasteiger partial charge in [0.25, 0.3) is 0 Å². The van der Waals surface area contributed by atoms with E-state index in [0.29, 0.717) is 19.1 Å². The van der Waals surface area contributed by atoms with E-state index in [1.165, 1.54) is 0 Å². The lowest BCUT2D eigenvalue weighted by Crippen LogP contribution is -2.38. The maximum absolute atomic E-state index is 11.6. The van der Waals surface area contributed by atoms with E-state index in [4.69, 9.17) is 9.84 Å². The SMILES string of the molecule is O=C(O)CNC(=O)CN1CCC(COCc2ccccc2)C1. The third-order valence-corrected chi connectivity index (χ3v) is 3.64. The second-order valence-electron chi connectivity index (χ2n) is 5.56. The molecule has 6 nitrogen and oxygen atoms in total. The Labute approximate surface area is 130 Å². The predicted octanol–water partition coefficient (Wildman–Crippen LogP) is 0.726. The molecule has 0 aromatic heterocycles. The highest BCUT2D eigenvalue weighted by molar-refractivity contribution is 5.82. The maximum Gasteiger partial charge on any atom is 0.322 e. The number of nitrogens with one attached hydrogen (secondary N) is 1. The van der Waals surface area contributed by atoms with Crippen molar-refractivity contribution in [3.8, 4) is 0 Å². The van der Waals surface area contributed by atoms with Crippen LogP contribution in [0.15, 0.2) is 30.3 Å². The first-order valence-corrected chi connectivity index (χ1v) is 7.46. The molecule has 1 aliphatic heterocycles. The number of hydrogen-bond acceptors (Lipinski definition) is 4. The fourth-order valence-corrected chi connectivity index (χ4v) is 2.54. The molecule has 1 fully saturated rings. The molecule has 6 heteroatoms. The van der Waals surface area contributed by atoms with Gasteiger partial charge in [-0.1, -0.05) is 30.3 Å². The van der Waals surface area contributed by atoms with E-state index >= 15 is 0 Å².